The summed E-state index contributed by atoms with van der Waals surface area (Å²) in [7, 11) is 0. The summed E-state index contributed by atoms with van der Waals surface area (Å²) in [5.41, 5.74) is 0. The van der Waals surface area contributed by atoms with Crippen molar-refractivity contribution in [3.05, 3.63) is 44.9 Å². The van der Waals surface area contributed by atoms with E-state index in [1.165, 1.54) is 12.1 Å². The second-order valence-corrected chi connectivity index (χ2v) is 5.30. The number of rotatable bonds is 1. The number of aromatic nitrogens is 2. The van der Waals surface area contributed by atoms with Crippen LogP contribution in [0.5, 0.6) is 5.75 Å². The topological polar surface area (TPSA) is 44.1 Å². The molecule has 0 radical (unpaired) electrons. The largest absolute Gasteiger partial charge is 0.450 e. The van der Waals surface area contributed by atoms with Crippen LogP contribution in [0, 0.1) is 0 Å². The van der Waals surface area contributed by atoms with Gasteiger partial charge in [0.25, 0.3) is 0 Å². The molecule has 0 spiro atoms. The van der Waals surface area contributed by atoms with E-state index < -0.39 is 28.4 Å². The number of alkyl halides is 3. The molecule has 0 atom stereocenters. The Morgan fingerprint density at radius 3 is 2.33 bits per heavy atom. The van der Waals surface area contributed by atoms with Crippen molar-refractivity contribution >= 4 is 45.2 Å². The Morgan fingerprint density at radius 1 is 1.24 bits per heavy atom. The summed E-state index contributed by atoms with van der Waals surface area (Å²) in [6.07, 6.45) is -6.27. The zero-order valence-corrected chi connectivity index (χ0v) is 12.9. The van der Waals surface area contributed by atoms with Crippen LogP contribution in [0.3, 0.4) is 0 Å². The zero-order chi connectivity index (χ0) is 15.8. The molecular formula is C11H4BrCl2F3N2O2. The van der Waals surface area contributed by atoms with Gasteiger partial charge in [-0.2, -0.15) is 13.2 Å². The quantitative estimate of drug-likeness (QED) is 0.671. The minimum Gasteiger partial charge on any atom is -0.410 e. The summed E-state index contributed by atoms with van der Waals surface area (Å²) < 4.78 is 43.9. The number of hydrogen-bond donors (Lipinski definition) is 0. The van der Waals surface area contributed by atoms with Crippen LogP contribution in [-0.4, -0.2) is 15.6 Å². The maximum Gasteiger partial charge on any atom is 0.450 e. The number of hydrogen-bond acceptors (Lipinski definition) is 3. The van der Waals surface area contributed by atoms with Gasteiger partial charge in [0.1, 0.15) is 5.75 Å². The molecule has 0 bridgehead atoms. The van der Waals surface area contributed by atoms with Crippen molar-refractivity contribution in [3.63, 3.8) is 0 Å². The number of carbonyl (C=O) groups is 1. The standard InChI is InChI=1S/C11H4BrCl2F3N2O2/c12-5-1-3-6(4-2-5)21-10(20)19-8(14)7(13)18-9(19)11(15,16)17/h1-4H. The molecule has 0 unspecified atom stereocenters. The summed E-state index contributed by atoms with van der Waals surface area (Å²) in [5, 5.41) is -1.32. The second-order valence-electron chi connectivity index (χ2n) is 3.67. The van der Waals surface area contributed by atoms with Crippen LogP contribution >= 0.6 is 39.1 Å². The van der Waals surface area contributed by atoms with E-state index in [1.807, 2.05) is 0 Å². The number of nitrogens with zero attached hydrogens (tertiary/aromatic N) is 2. The van der Waals surface area contributed by atoms with Crippen LogP contribution in [0.4, 0.5) is 18.0 Å². The molecule has 21 heavy (non-hydrogen) atoms. The van der Waals surface area contributed by atoms with E-state index in [4.69, 9.17) is 27.9 Å². The third kappa shape index (κ3) is 3.50. The fourth-order valence-corrected chi connectivity index (χ4v) is 2.00. The minimum atomic E-state index is -4.91. The highest BCUT2D eigenvalue weighted by atomic mass is 79.9. The van der Waals surface area contributed by atoms with Gasteiger partial charge in [0.15, 0.2) is 10.3 Å². The van der Waals surface area contributed by atoms with Gasteiger partial charge in [0.05, 0.1) is 0 Å². The number of carbonyl (C=O) groups excluding carboxylic acids is 1. The Morgan fingerprint density at radius 2 is 1.81 bits per heavy atom. The van der Waals surface area contributed by atoms with Crippen molar-refractivity contribution < 1.29 is 22.7 Å². The lowest BCUT2D eigenvalue weighted by Crippen LogP contribution is -2.24. The highest BCUT2D eigenvalue weighted by Gasteiger charge is 2.41. The second kappa shape index (κ2) is 5.86. The van der Waals surface area contributed by atoms with Gasteiger partial charge in [-0.25, -0.2) is 14.3 Å². The van der Waals surface area contributed by atoms with Crippen molar-refractivity contribution in [2.24, 2.45) is 0 Å². The Kier molecular flexibility index (Phi) is 4.50. The smallest absolute Gasteiger partial charge is 0.410 e. The molecule has 0 aliphatic rings. The average molecular weight is 404 g/mol. The Balaban J connectivity index is 2.37. The molecule has 0 aliphatic heterocycles. The van der Waals surface area contributed by atoms with E-state index in [-0.39, 0.29) is 10.3 Å². The monoisotopic (exact) mass is 402 g/mol. The summed E-state index contributed by atoms with van der Waals surface area (Å²) in [6, 6.07) is 5.88. The van der Waals surface area contributed by atoms with Crippen LogP contribution in [0.1, 0.15) is 5.82 Å². The molecule has 1 aromatic carbocycles. The van der Waals surface area contributed by atoms with Crippen molar-refractivity contribution in [1.29, 1.82) is 0 Å². The molecule has 0 saturated heterocycles. The van der Waals surface area contributed by atoms with Crippen molar-refractivity contribution in [1.82, 2.24) is 9.55 Å². The molecule has 0 saturated carbocycles. The van der Waals surface area contributed by atoms with Gasteiger partial charge in [-0.1, -0.05) is 39.1 Å². The van der Waals surface area contributed by atoms with Gasteiger partial charge in [-0.15, -0.1) is 0 Å². The van der Waals surface area contributed by atoms with Crippen LogP contribution in [0.15, 0.2) is 28.7 Å². The van der Waals surface area contributed by atoms with E-state index >= 15 is 0 Å². The highest BCUT2D eigenvalue weighted by molar-refractivity contribution is 9.10. The first-order valence-corrected chi connectivity index (χ1v) is 6.73. The Labute approximate surface area is 134 Å². The molecule has 0 aliphatic carbocycles. The number of imidazole rings is 1. The number of benzene rings is 1. The molecule has 2 rings (SSSR count). The summed E-state index contributed by atoms with van der Waals surface area (Å²) in [5.74, 6) is -1.52. The van der Waals surface area contributed by atoms with E-state index in [1.54, 1.807) is 12.1 Å². The van der Waals surface area contributed by atoms with E-state index in [0.717, 1.165) is 0 Å². The normalized spacial score (nSPS) is 11.5. The SMILES string of the molecule is O=C(Oc1ccc(Br)cc1)n1c(C(F)(F)F)nc(Cl)c1Cl. The molecule has 0 amide bonds. The van der Waals surface area contributed by atoms with Crippen molar-refractivity contribution in [3.8, 4) is 5.75 Å². The molecular weight excluding hydrogens is 400 g/mol. The molecule has 10 heteroatoms. The van der Waals surface area contributed by atoms with E-state index in [0.29, 0.717) is 4.47 Å². The molecule has 0 fully saturated rings. The Hall–Kier alpha value is -1.25. The van der Waals surface area contributed by atoms with Crippen molar-refractivity contribution in [2.75, 3.05) is 0 Å². The van der Waals surface area contributed by atoms with Gasteiger partial charge in [-0.05, 0) is 24.3 Å². The summed E-state index contributed by atoms with van der Waals surface area (Å²) in [4.78, 5) is 14.9. The van der Waals surface area contributed by atoms with Crippen LogP contribution in [-0.2, 0) is 6.18 Å². The van der Waals surface area contributed by atoms with Crippen molar-refractivity contribution in [2.45, 2.75) is 6.18 Å². The average Bonchev–Trinajstić information content (AvgIpc) is 2.69. The predicted octanol–water partition coefficient (Wildman–Crippen LogP) is 5.02. The third-order valence-electron chi connectivity index (χ3n) is 2.24. The molecule has 1 aromatic heterocycles. The number of halogens is 6. The van der Waals surface area contributed by atoms with Crippen LogP contribution in [0.2, 0.25) is 10.3 Å². The highest BCUT2D eigenvalue weighted by Crippen LogP contribution is 2.34. The fourth-order valence-electron chi connectivity index (χ4n) is 1.38. The maximum absolute atomic E-state index is 12.8. The predicted molar refractivity (Wildman–Crippen MR) is 72.8 cm³/mol. The maximum atomic E-state index is 12.8. The van der Waals surface area contributed by atoms with E-state index in [2.05, 4.69) is 20.9 Å². The first-order chi connectivity index (χ1) is 9.70. The molecule has 0 N–H and O–H groups in total. The fraction of sp³-hybridized carbons (Fsp3) is 0.0909. The van der Waals surface area contributed by atoms with Crippen LogP contribution in [0.25, 0.3) is 0 Å². The van der Waals surface area contributed by atoms with E-state index in [9.17, 15) is 18.0 Å². The third-order valence-corrected chi connectivity index (χ3v) is 3.47. The molecule has 112 valence electrons. The molecule has 2 aromatic rings. The molecule has 4 nitrogen and oxygen atoms in total. The summed E-state index contributed by atoms with van der Waals surface area (Å²) >= 11 is 14.2. The number of ether oxygens (including phenoxy) is 1. The van der Waals surface area contributed by atoms with Gasteiger partial charge >= 0.3 is 12.3 Å². The van der Waals surface area contributed by atoms with Gasteiger partial charge in [0, 0.05) is 4.47 Å². The molecule has 1 heterocycles. The van der Waals surface area contributed by atoms with Gasteiger partial charge < -0.3 is 4.74 Å². The Bertz CT molecular complexity index is 686. The lowest BCUT2D eigenvalue weighted by Gasteiger charge is -2.10. The first-order valence-electron chi connectivity index (χ1n) is 5.19. The van der Waals surface area contributed by atoms with Gasteiger partial charge in [-0.3, -0.25) is 0 Å². The minimum absolute atomic E-state index is 0.0391. The first kappa shape index (κ1) is 16.1. The van der Waals surface area contributed by atoms with Gasteiger partial charge in [0.2, 0.25) is 5.82 Å². The summed E-state index contributed by atoms with van der Waals surface area (Å²) in [6.45, 7) is 0. The zero-order valence-electron chi connectivity index (χ0n) is 9.79. The van der Waals surface area contributed by atoms with Crippen LogP contribution < -0.4 is 4.74 Å². The lowest BCUT2D eigenvalue weighted by atomic mass is 10.3. The lowest BCUT2D eigenvalue weighted by molar-refractivity contribution is -0.146.